The van der Waals surface area contributed by atoms with Crippen LogP contribution in [0.25, 0.3) is 6.08 Å². The molecule has 6 heteroatoms. The molecule has 0 aromatic heterocycles. The van der Waals surface area contributed by atoms with Crippen LogP contribution in [0.15, 0.2) is 29.7 Å². The fraction of sp³-hybridized carbons (Fsp3) is 0.273. The van der Waals surface area contributed by atoms with Crippen LogP contribution < -0.4 is 4.72 Å². The van der Waals surface area contributed by atoms with Gasteiger partial charge in [0.1, 0.15) is 0 Å². The number of aliphatic hydroxyl groups excluding tert-OH is 1. The zero-order valence-corrected chi connectivity index (χ0v) is 10.9. The SMILES string of the molecule is C[C@H](O)CNS(=O)(=O)/C=C/c1ccc(Cl)cc1. The molecule has 0 fully saturated rings. The molecule has 17 heavy (non-hydrogen) atoms. The first-order chi connectivity index (χ1) is 7.89. The predicted octanol–water partition coefficient (Wildman–Crippen LogP) is 1.61. The summed E-state index contributed by atoms with van der Waals surface area (Å²) in [6.45, 7) is 1.50. The summed E-state index contributed by atoms with van der Waals surface area (Å²) in [6.07, 6.45) is 0.745. The average molecular weight is 276 g/mol. The van der Waals surface area contributed by atoms with Crippen LogP contribution in [0.3, 0.4) is 0 Å². The maximum Gasteiger partial charge on any atom is 0.233 e. The maximum atomic E-state index is 11.4. The van der Waals surface area contributed by atoms with Gasteiger partial charge in [-0.25, -0.2) is 13.1 Å². The minimum absolute atomic E-state index is 0.00666. The molecule has 1 atom stereocenters. The Balaban J connectivity index is 2.67. The van der Waals surface area contributed by atoms with Crippen molar-refractivity contribution < 1.29 is 13.5 Å². The minimum atomic E-state index is -3.51. The van der Waals surface area contributed by atoms with Gasteiger partial charge in [0.25, 0.3) is 0 Å². The van der Waals surface area contributed by atoms with Crippen LogP contribution in [0, 0.1) is 0 Å². The van der Waals surface area contributed by atoms with Gasteiger partial charge in [-0.2, -0.15) is 0 Å². The first kappa shape index (κ1) is 14.2. The number of hydrogen-bond acceptors (Lipinski definition) is 3. The summed E-state index contributed by atoms with van der Waals surface area (Å²) >= 11 is 5.70. The van der Waals surface area contributed by atoms with E-state index in [0.717, 1.165) is 11.0 Å². The summed E-state index contributed by atoms with van der Waals surface area (Å²) in [5.41, 5.74) is 0.733. The highest BCUT2D eigenvalue weighted by molar-refractivity contribution is 7.92. The number of benzene rings is 1. The topological polar surface area (TPSA) is 66.4 Å². The Kier molecular flexibility index (Phi) is 5.14. The number of rotatable bonds is 5. The molecule has 0 heterocycles. The largest absolute Gasteiger partial charge is 0.392 e. The molecule has 0 saturated carbocycles. The fourth-order valence-electron chi connectivity index (χ4n) is 1.03. The van der Waals surface area contributed by atoms with Crippen molar-refractivity contribution in [3.05, 3.63) is 40.3 Å². The number of nitrogens with one attached hydrogen (secondary N) is 1. The first-order valence-electron chi connectivity index (χ1n) is 5.00. The Morgan fingerprint density at radius 1 is 1.41 bits per heavy atom. The van der Waals surface area contributed by atoms with Crippen LogP contribution in [0.5, 0.6) is 0 Å². The molecule has 0 aliphatic rings. The zero-order valence-electron chi connectivity index (χ0n) is 9.30. The van der Waals surface area contributed by atoms with Crippen molar-refractivity contribution in [1.29, 1.82) is 0 Å². The Morgan fingerprint density at radius 2 is 2.00 bits per heavy atom. The second kappa shape index (κ2) is 6.16. The van der Waals surface area contributed by atoms with Crippen molar-refractivity contribution in [3.8, 4) is 0 Å². The summed E-state index contributed by atoms with van der Waals surface area (Å²) in [5.74, 6) is 0. The molecule has 0 unspecified atom stereocenters. The van der Waals surface area contributed by atoms with Gasteiger partial charge in [0.15, 0.2) is 0 Å². The van der Waals surface area contributed by atoms with Crippen molar-refractivity contribution in [3.63, 3.8) is 0 Å². The van der Waals surface area contributed by atoms with Crippen molar-refractivity contribution in [2.24, 2.45) is 0 Å². The standard InChI is InChI=1S/C11H14ClNO3S/c1-9(14)8-13-17(15,16)7-6-10-2-4-11(12)5-3-10/h2-7,9,13-14H,8H2,1H3/b7-6+/t9-/m0/s1. The van der Waals surface area contributed by atoms with Crippen LogP contribution in [-0.4, -0.2) is 26.2 Å². The van der Waals surface area contributed by atoms with Crippen LogP contribution in [0.2, 0.25) is 5.02 Å². The van der Waals surface area contributed by atoms with Crippen molar-refractivity contribution in [2.75, 3.05) is 6.54 Å². The summed E-state index contributed by atoms with van der Waals surface area (Å²) in [5, 5.41) is 10.6. The number of hydrogen-bond donors (Lipinski definition) is 2. The lowest BCUT2D eigenvalue weighted by Gasteiger charge is -2.04. The summed E-state index contributed by atoms with van der Waals surface area (Å²) in [7, 11) is -3.51. The highest BCUT2D eigenvalue weighted by Gasteiger charge is 2.05. The summed E-state index contributed by atoms with van der Waals surface area (Å²) in [6, 6.07) is 6.78. The van der Waals surface area contributed by atoms with E-state index in [1.54, 1.807) is 24.3 Å². The maximum absolute atomic E-state index is 11.4. The monoisotopic (exact) mass is 275 g/mol. The third-order valence-corrected chi connectivity index (χ3v) is 3.20. The van der Waals surface area contributed by atoms with Crippen molar-refractivity contribution in [2.45, 2.75) is 13.0 Å². The lowest BCUT2D eigenvalue weighted by Crippen LogP contribution is -2.28. The van der Waals surface area contributed by atoms with E-state index >= 15 is 0 Å². The van der Waals surface area contributed by atoms with Crippen LogP contribution >= 0.6 is 11.6 Å². The van der Waals surface area contributed by atoms with E-state index in [1.807, 2.05) is 0 Å². The van der Waals surface area contributed by atoms with Gasteiger partial charge in [0, 0.05) is 17.0 Å². The molecule has 0 aliphatic heterocycles. The number of sulfonamides is 1. The fourth-order valence-corrected chi connectivity index (χ4v) is 2.06. The van der Waals surface area contributed by atoms with Gasteiger partial charge in [-0.3, -0.25) is 0 Å². The molecule has 1 rings (SSSR count). The van der Waals surface area contributed by atoms with E-state index < -0.39 is 16.1 Å². The van der Waals surface area contributed by atoms with Crippen molar-refractivity contribution in [1.82, 2.24) is 4.72 Å². The molecule has 94 valence electrons. The van der Waals surface area contributed by atoms with Crippen LogP contribution in [0.1, 0.15) is 12.5 Å². The van der Waals surface area contributed by atoms with Gasteiger partial charge in [0.05, 0.1) is 6.10 Å². The number of halogens is 1. The lowest BCUT2D eigenvalue weighted by atomic mass is 10.2. The second-order valence-corrected chi connectivity index (χ2v) is 5.68. The highest BCUT2D eigenvalue weighted by Crippen LogP contribution is 2.10. The zero-order chi connectivity index (χ0) is 12.9. The minimum Gasteiger partial charge on any atom is -0.392 e. The quantitative estimate of drug-likeness (QED) is 0.858. The smallest absolute Gasteiger partial charge is 0.233 e. The Bertz CT molecular complexity index is 480. The predicted molar refractivity (Wildman–Crippen MR) is 69.1 cm³/mol. The van der Waals surface area contributed by atoms with E-state index in [0.29, 0.717) is 5.02 Å². The highest BCUT2D eigenvalue weighted by atomic mass is 35.5. The Morgan fingerprint density at radius 3 is 2.53 bits per heavy atom. The second-order valence-electron chi connectivity index (χ2n) is 3.60. The molecule has 1 aromatic rings. The van der Waals surface area contributed by atoms with Gasteiger partial charge < -0.3 is 5.11 Å². The Labute approximate surface area is 106 Å². The van der Waals surface area contributed by atoms with E-state index in [2.05, 4.69) is 4.72 Å². The van der Waals surface area contributed by atoms with Crippen LogP contribution in [-0.2, 0) is 10.0 Å². The molecule has 0 bridgehead atoms. The Hall–Kier alpha value is -0.880. The van der Waals surface area contributed by atoms with Gasteiger partial charge >= 0.3 is 0 Å². The number of aliphatic hydroxyl groups is 1. The molecule has 0 saturated heterocycles. The molecule has 0 amide bonds. The van der Waals surface area contributed by atoms with Gasteiger partial charge in [0.2, 0.25) is 10.0 Å². The normalized spacial score (nSPS) is 14.1. The molecular formula is C11H14ClNO3S. The molecule has 4 nitrogen and oxygen atoms in total. The van der Waals surface area contributed by atoms with E-state index in [-0.39, 0.29) is 6.54 Å². The summed E-state index contributed by atoms with van der Waals surface area (Å²) < 4.78 is 25.1. The van der Waals surface area contributed by atoms with Crippen LogP contribution in [0.4, 0.5) is 0 Å². The average Bonchev–Trinajstić information content (AvgIpc) is 2.26. The molecule has 0 aliphatic carbocycles. The molecule has 0 radical (unpaired) electrons. The van der Waals surface area contributed by atoms with E-state index in [9.17, 15) is 8.42 Å². The third-order valence-electron chi connectivity index (χ3n) is 1.89. The first-order valence-corrected chi connectivity index (χ1v) is 6.93. The lowest BCUT2D eigenvalue weighted by molar-refractivity contribution is 0.199. The van der Waals surface area contributed by atoms with Gasteiger partial charge in [-0.15, -0.1) is 0 Å². The van der Waals surface area contributed by atoms with Crippen molar-refractivity contribution >= 4 is 27.7 Å². The van der Waals surface area contributed by atoms with Gasteiger partial charge in [-0.05, 0) is 30.7 Å². The van der Waals surface area contributed by atoms with Gasteiger partial charge in [-0.1, -0.05) is 23.7 Å². The van der Waals surface area contributed by atoms with E-state index in [4.69, 9.17) is 16.7 Å². The molecule has 1 aromatic carbocycles. The van der Waals surface area contributed by atoms with E-state index in [1.165, 1.54) is 13.0 Å². The molecule has 0 spiro atoms. The third kappa shape index (κ3) is 5.83. The molecule has 2 N–H and O–H groups in total. The summed E-state index contributed by atoms with van der Waals surface area (Å²) in [4.78, 5) is 0. The molecular weight excluding hydrogens is 262 g/mol.